The number of para-hydroxylation sites is 1. The summed E-state index contributed by atoms with van der Waals surface area (Å²) in [5.74, 6) is 0. The van der Waals surface area contributed by atoms with Crippen LogP contribution in [0.25, 0.3) is 10.2 Å². The fourth-order valence-corrected chi connectivity index (χ4v) is 4.50. The summed E-state index contributed by atoms with van der Waals surface area (Å²) < 4.78 is 1.20. The number of piperidine rings is 1. The van der Waals surface area contributed by atoms with E-state index in [9.17, 15) is 5.11 Å². The van der Waals surface area contributed by atoms with E-state index in [1.165, 1.54) is 4.70 Å². The van der Waals surface area contributed by atoms with Crippen molar-refractivity contribution in [3.63, 3.8) is 0 Å². The van der Waals surface area contributed by atoms with Gasteiger partial charge in [0.15, 0.2) is 5.13 Å². The molecule has 0 atom stereocenters. The molecule has 118 valence electrons. The molecule has 1 aromatic heterocycles. The van der Waals surface area contributed by atoms with Gasteiger partial charge in [0.05, 0.1) is 15.8 Å². The molecule has 1 fully saturated rings. The van der Waals surface area contributed by atoms with E-state index < -0.39 is 5.60 Å². The number of rotatable bonds is 2. The van der Waals surface area contributed by atoms with Crippen molar-refractivity contribution in [1.29, 1.82) is 0 Å². The van der Waals surface area contributed by atoms with Gasteiger partial charge in [0.2, 0.25) is 0 Å². The molecule has 0 saturated carbocycles. The van der Waals surface area contributed by atoms with Gasteiger partial charge in [0, 0.05) is 23.7 Å². The minimum Gasteiger partial charge on any atom is -0.385 e. The summed E-state index contributed by atoms with van der Waals surface area (Å²) in [6.45, 7) is 1.56. The molecule has 0 aliphatic carbocycles. The monoisotopic (exact) mass is 344 g/mol. The number of halogens is 1. The first kappa shape index (κ1) is 14.9. The summed E-state index contributed by atoms with van der Waals surface area (Å²) in [5.41, 5.74) is 1.04. The summed E-state index contributed by atoms with van der Waals surface area (Å²) in [6.07, 6.45) is 1.32. The van der Waals surface area contributed by atoms with Crippen molar-refractivity contribution in [2.24, 2.45) is 0 Å². The molecule has 3 aromatic rings. The zero-order valence-electron chi connectivity index (χ0n) is 12.6. The molecule has 4 rings (SSSR count). The molecule has 0 spiro atoms. The Labute approximate surface area is 144 Å². The van der Waals surface area contributed by atoms with E-state index in [0.717, 1.165) is 29.3 Å². The smallest absolute Gasteiger partial charge is 0.186 e. The van der Waals surface area contributed by atoms with Crippen LogP contribution >= 0.6 is 22.9 Å². The molecule has 1 N–H and O–H groups in total. The highest BCUT2D eigenvalue weighted by Gasteiger charge is 2.36. The molecule has 2 heterocycles. The number of thiazole rings is 1. The van der Waals surface area contributed by atoms with Gasteiger partial charge in [0.1, 0.15) is 0 Å². The fourth-order valence-electron chi connectivity index (χ4n) is 3.17. The minimum atomic E-state index is -0.842. The normalized spacial score (nSPS) is 17.6. The van der Waals surface area contributed by atoms with E-state index in [-0.39, 0.29) is 0 Å². The minimum absolute atomic E-state index is 0.642. The highest BCUT2D eigenvalue weighted by Crippen LogP contribution is 2.39. The lowest BCUT2D eigenvalue weighted by molar-refractivity contribution is 0.0119. The van der Waals surface area contributed by atoms with Crippen LogP contribution in [0.1, 0.15) is 18.4 Å². The van der Waals surface area contributed by atoms with Crippen molar-refractivity contribution >= 4 is 38.3 Å². The van der Waals surface area contributed by atoms with Crippen molar-refractivity contribution in [2.75, 3.05) is 18.0 Å². The third-order valence-electron chi connectivity index (χ3n) is 4.52. The Hall–Kier alpha value is -1.62. The lowest BCUT2D eigenvalue weighted by Gasteiger charge is -2.38. The van der Waals surface area contributed by atoms with Gasteiger partial charge in [0.25, 0.3) is 0 Å². The lowest BCUT2D eigenvalue weighted by atomic mass is 9.84. The van der Waals surface area contributed by atoms with Gasteiger partial charge in [-0.05, 0) is 31.0 Å². The van der Waals surface area contributed by atoms with Gasteiger partial charge in [-0.15, -0.1) is 0 Å². The standard InChI is InChI=1S/C18H17ClN2OS/c19-14-6-2-1-5-13(14)18(22)9-11-21(12-10-18)17-20-15-7-3-4-8-16(15)23-17/h1-8,22H,9-12H2. The molecule has 0 bridgehead atoms. The number of aromatic nitrogens is 1. The zero-order valence-corrected chi connectivity index (χ0v) is 14.1. The van der Waals surface area contributed by atoms with E-state index in [1.54, 1.807) is 11.3 Å². The molecule has 5 heteroatoms. The molecule has 1 aliphatic rings. The van der Waals surface area contributed by atoms with E-state index in [1.807, 2.05) is 42.5 Å². The molecule has 0 amide bonds. The molecule has 1 aliphatic heterocycles. The molecule has 1 saturated heterocycles. The van der Waals surface area contributed by atoms with Crippen molar-refractivity contribution in [3.05, 3.63) is 59.1 Å². The second-order valence-corrected chi connectivity index (χ2v) is 7.38. The van der Waals surface area contributed by atoms with Crippen LogP contribution < -0.4 is 4.90 Å². The van der Waals surface area contributed by atoms with Gasteiger partial charge in [-0.2, -0.15) is 0 Å². The highest BCUT2D eigenvalue weighted by atomic mass is 35.5. The molecule has 0 radical (unpaired) electrons. The number of nitrogens with zero attached hydrogens (tertiary/aromatic N) is 2. The first-order chi connectivity index (χ1) is 11.2. The average Bonchev–Trinajstić information content (AvgIpc) is 3.00. The highest BCUT2D eigenvalue weighted by molar-refractivity contribution is 7.22. The Morgan fingerprint density at radius 2 is 1.74 bits per heavy atom. The van der Waals surface area contributed by atoms with Crippen LogP contribution in [0.3, 0.4) is 0 Å². The Balaban J connectivity index is 1.55. The van der Waals surface area contributed by atoms with E-state index in [2.05, 4.69) is 11.0 Å². The topological polar surface area (TPSA) is 36.4 Å². The van der Waals surface area contributed by atoms with Gasteiger partial charge >= 0.3 is 0 Å². The van der Waals surface area contributed by atoms with Crippen LogP contribution in [0, 0.1) is 0 Å². The van der Waals surface area contributed by atoms with Crippen molar-refractivity contribution < 1.29 is 5.11 Å². The van der Waals surface area contributed by atoms with Crippen LogP contribution in [0.2, 0.25) is 5.02 Å². The SMILES string of the molecule is OC1(c2ccccc2Cl)CCN(c2nc3ccccc3s2)CC1. The van der Waals surface area contributed by atoms with Crippen LogP contribution in [0.5, 0.6) is 0 Å². The summed E-state index contributed by atoms with van der Waals surface area (Å²) >= 11 is 7.98. The third-order valence-corrected chi connectivity index (χ3v) is 5.95. The number of anilines is 1. The summed E-state index contributed by atoms with van der Waals surface area (Å²) in [5, 5.41) is 12.7. The Morgan fingerprint density at radius 3 is 2.48 bits per heavy atom. The number of fused-ring (bicyclic) bond motifs is 1. The van der Waals surface area contributed by atoms with Crippen molar-refractivity contribution in [1.82, 2.24) is 4.98 Å². The lowest BCUT2D eigenvalue weighted by Crippen LogP contribution is -2.42. The van der Waals surface area contributed by atoms with Crippen LogP contribution in [-0.4, -0.2) is 23.2 Å². The fraction of sp³-hybridized carbons (Fsp3) is 0.278. The average molecular weight is 345 g/mol. The second-order valence-electron chi connectivity index (χ2n) is 5.96. The number of benzene rings is 2. The van der Waals surface area contributed by atoms with Crippen molar-refractivity contribution in [3.8, 4) is 0 Å². The third kappa shape index (κ3) is 2.71. The van der Waals surface area contributed by atoms with Gasteiger partial charge in [-0.1, -0.05) is 53.3 Å². The molecule has 23 heavy (non-hydrogen) atoms. The van der Waals surface area contributed by atoms with Gasteiger partial charge in [-0.3, -0.25) is 0 Å². The maximum atomic E-state index is 11.0. The maximum absolute atomic E-state index is 11.0. The summed E-state index contributed by atoms with van der Waals surface area (Å²) in [7, 11) is 0. The number of aliphatic hydroxyl groups is 1. The van der Waals surface area contributed by atoms with Gasteiger partial charge < -0.3 is 10.0 Å². The summed E-state index contributed by atoms with van der Waals surface area (Å²) in [6, 6.07) is 15.8. The number of hydrogen-bond donors (Lipinski definition) is 1. The summed E-state index contributed by atoms with van der Waals surface area (Å²) in [4.78, 5) is 6.97. The predicted molar refractivity (Wildman–Crippen MR) is 96.4 cm³/mol. The molecular formula is C18H17ClN2OS. The molecule has 2 aromatic carbocycles. The maximum Gasteiger partial charge on any atom is 0.186 e. The molecular weight excluding hydrogens is 328 g/mol. The molecule has 3 nitrogen and oxygen atoms in total. The Morgan fingerprint density at radius 1 is 1.04 bits per heavy atom. The second kappa shape index (κ2) is 5.78. The predicted octanol–water partition coefficient (Wildman–Crippen LogP) is 4.44. The van der Waals surface area contributed by atoms with Crippen LogP contribution in [0.15, 0.2) is 48.5 Å². The van der Waals surface area contributed by atoms with Gasteiger partial charge in [-0.25, -0.2) is 4.98 Å². The Kier molecular flexibility index (Phi) is 3.76. The Bertz CT molecular complexity index is 807. The van der Waals surface area contributed by atoms with Crippen molar-refractivity contribution in [2.45, 2.75) is 18.4 Å². The zero-order chi connectivity index (χ0) is 15.9. The molecule has 0 unspecified atom stereocenters. The first-order valence-electron chi connectivity index (χ1n) is 7.74. The van der Waals surface area contributed by atoms with E-state index in [4.69, 9.17) is 16.6 Å². The van der Waals surface area contributed by atoms with E-state index >= 15 is 0 Å². The van der Waals surface area contributed by atoms with Crippen LogP contribution in [-0.2, 0) is 5.60 Å². The van der Waals surface area contributed by atoms with Crippen LogP contribution in [0.4, 0.5) is 5.13 Å². The van der Waals surface area contributed by atoms with E-state index in [0.29, 0.717) is 17.9 Å². The largest absolute Gasteiger partial charge is 0.385 e. The first-order valence-corrected chi connectivity index (χ1v) is 8.93. The quantitative estimate of drug-likeness (QED) is 0.746. The number of hydrogen-bond acceptors (Lipinski definition) is 4.